The summed E-state index contributed by atoms with van der Waals surface area (Å²) in [7, 11) is 0. The molecule has 150 valence electrons. The summed E-state index contributed by atoms with van der Waals surface area (Å²) in [5, 5.41) is 12.5. The lowest BCUT2D eigenvalue weighted by Gasteiger charge is -2.22. The molecule has 9 nitrogen and oxygen atoms in total. The van der Waals surface area contributed by atoms with Gasteiger partial charge in [-0.2, -0.15) is 10.1 Å². The maximum atomic E-state index is 6.04. The van der Waals surface area contributed by atoms with Gasteiger partial charge in [-0.15, -0.1) is 5.10 Å². The number of nitrogen functional groups attached to an aromatic ring is 1. The lowest BCUT2D eigenvalue weighted by Crippen LogP contribution is -2.32. The van der Waals surface area contributed by atoms with E-state index in [0.29, 0.717) is 30.4 Å². The smallest absolute Gasteiger partial charge is 0.336 e. The second kappa shape index (κ2) is 8.55. The molecule has 1 atom stereocenters. The van der Waals surface area contributed by atoms with Gasteiger partial charge in [0, 0.05) is 19.2 Å². The van der Waals surface area contributed by atoms with E-state index in [1.807, 2.05) is 10.9 Å². The monoisotopic (exact) mass is 384 g/mol. The molecule has 3 aromatic rings. The molecule has 1 unspecified atom stereocenters. The molecule has 9 heteroatoms. The minimum Gasteiger partial charge on any atom is -0.462 e. The molecule has 1 fully saturated rings. The molecule has 4 rings (SSSR count). The number of anilines is 1. The zero-order valence-electron chi connectivity index (χ0n) is 16.3. The van der Waals surface area contributed by atoms with Gasteiger partial charge in [0.15, 0.2) is 11.5 Å². The van der Waals surface area contributed by atoms with Gasteiger partial charge in [0.25, 0.3) is 0 Å². The Bertz CT molecular complexity index is 912. The van der Waals surface area contributed by atoms with Crippen molar-refractivity contribution in [3.8, 4) is 6.01 Å². The Kier molecular flexibility index (Phi) is 5.70. The lowest BCUT2D eigenvalue weighted by atomic mass is 10.00. The minimum atomic E-state index is 0.290. The summed E-state index contributed by atoms with van der Waals surface area (Å²) in [6.45, 7) is 5.84. The zero-order valence-corrected chi connectivity index (χ0v) is 16.3. The van der Waals surface area contributed by atoms with Crippen LogP contribution in [0.3, 0.4) is 0 Å². The second-order valence-corrected chi connectivity index (χ2v) is 7.43. The van der Waals surface area contributed by atoms with E-state index in [1.165, 1.54) is 12.8 Å². The number of rotatable bonds is 8. The average Bonchev–Trinajstić information content (AvgIpc) is 3.31. The maximum Gasteiger partial charge on any atom is 0.336 e. The van der Waals surface area contributed by atoms with Crippen molar-refractivity contribution in [2.24, 2.45) is 5.92 Å². The molecule has 0 aromatic carbocycles. The normalized spacial score (nSPS) is 17.2. The minimum absolute atomic E-state index is 0.290. The Morgan fingerprint density at radius 3 is 3.11 bits per heavy atom. The third-order valence-electron chi connectivity index (χ3n) is 5.08. The van der Waals surface area contributed by atoms with E-state index >= 15 is 0 Å². The first-order valence-corrected chi connectivity index (χ1v) is 10.1. The fraction of sp³-hybridized carbons (Fsp3) is 0.579. The molecule has 0 amide bonds. The number of nitrogens with two attached hydrogens (primary N) is 1. The number of imidazole rings is 1. The largest absolute Gasteiger partial charge is 0.462 e. The molecular weight excluding hydrogens is 356 g/mol. The highest BCUT2D eigenvalue weighted by atomic mass is 16.5. The number of hydrogen-bond acceptors (Lipinski definition) is 7. The second-order valence-electron chi connectivity index (χ2n) is 7.43. The van der Waals surface area contributed by atoms with Gasteiger partial charge in [-0.3, -0.25) is 4.68 Å². The van der Waals surface area contributed by atoms with E-state index in [4.69, 9.17) is 10.5 Å². The van der Waals surface area contributed by atoms with Crippen LogP contribution in [-0.2, 0) is 13.0 Å². The Hall–Kier alpha value is -2.68. The van der Waals surface area contributed by atoms with Gasteiger partial charge in [-0.25, -0.2) is 9.50 Å². The van der Waals surface area contributed by atoms with Gasteiger partial charge in [0.1, 0.15) is 0 Å². The van der Waals surface area contributed by atoms with Crippen LogP contribution in [0.5, 0.6) is 6.01 Å². The van der Waals surface area contributed by atoms with Gasteiger partial charge in [0.05, 0.1) is 24.7 Å². The lowest BCUT2D eigenvalue weighted by molar-refractivity contribution is 0.280. The quantitative estimate of drug-likeness (QED) is 0.569. The number of ether oxygens (including phenoxy) is 1. The van der Waals surface area contributed by atoms with E-state index < -0.39 is 0 Å². The predicted octanol–water partition coefficient (Wildman–Crippen LogP) is 1.67. The number of fused-ring (bicyclic) bond motifs is 1. The highest BCUT2D eigenvalue weighted by molar-refractivity contribution is 5.59. The summed E-state index contributed by atoms with van der Waals surface area (Å²) in [6.07, 6.45) is 11.0. The van der Waals surface area contributed by atoms with Crippen LogP contribution in [0.2, 0.25) is 0 Å². The summed E-state index contributed by atoms with van der Waals surface area (Å²) in [5.74, 6) is 0.973. The molecule has 1 aliphatic heterocycles. The number of piperidine rings is 1. The van der Waals surface area contributed by atoms with Crippen LogP contribution < -0.4 is 15.8 Å². The van der Waals surface area contributed by atoms with Crippen LogP contribution in [-0.4, -0.2) is 49.1 Å². The van der Waals surface area contributed by atoms with E-state index in [-0.39, 0.29) is 6.01 Å². The van der Waals surface area contributed by atoms with E-state index in [2.05, 4.69) is 38.6 Å². The average molecular weight is 384 g/mol. The van der Waals surface area contributed by atoms with Crippen molar-refractivity contribution in [1.29, 1.82) is 0 Å². The summed E-state index contributed by atoms with van der Waals surface area (Å²) in [5.41, 5.74) is 8.65. The van der Waals surface area contributed by atoms with Crippen molar-refractivity contribution < 1.29 is 4.74 Å². The fourth-order valence-corrected chi connectivity index (χ4v) is 3.57. The van der Waals surface area contributed by atoms with Crippen molar-refractivity contribution >= 4 is 11.5 Å². The zero-order chi connectivity index (χ0) is 19.3. The van der Waals surface area contributed by atoms with Crippen molar-refractivity contribution in [1.82, 2.24) is 34.7 Å². The molecule has 0 spiro atoms. The molecule has 4 heterocycles. The standard InChI is InChI=1S/C19H28N8O/c1-2-3-7-28-19-24-17(20)18-22-11-16(27(18)25-19)8-15-10-23-26(13-15)12-14-5-4-6-21-9-14/h10-11,13-14,21H,2-9,12H2,1H3,(H2,20,24,25). The van der Waals surface area contributed by atoms with Crippen molar-refractivity contribution in [2.45, 2.75) is 45.6 Å². The van der Waals surface area contributed by atoms with Gasteiger partial charge < -0.3 is 15.8 Å². The third-order valence-corrected chi connectivity index (χ3v) is 5.08. The summed E-state index contributed by atoms with van der Waals surface area (Å²) in [6, 6.07) is 0.290. The maximum absolute atomic E-state index is 6.04. The van der Waals surface area contributed by atoms with E-state index in [1.54, 1.807) is 10.7 Å². The van der Waals surface area contributed by atoms with Gasteiger partial charge in [-0.1, -0.05) is 13.3 Å². The first kappa shape index (κ1) is 18.7. The number of nitrogens with zero attached hydrogens (tertiary/aromatic N) is 6. The van der Waals surface area contributed by atoms with Crippen molar-refractivity contribution in [3.05, 3.63) is 29.8 Å². The van der Waals surface area contributed by atoms with Crippen LogP contribution >= 0.6 is 0 Å². The Morgan fingerprint density at radius 2 is 2.29 bits per heavy atom. The first-order valence-electron chi connectivity index (χ1n) is 10.1. The predicted molar refractivity (Wildman–Crippen MR) is 106 cm³/mol. The molecule has 3 aromatic heterocycles. The highest BCUT2D eigenvalue weighted by Gasteiger charge is 2.16. The topological polar surface area (TPSA) is 108 Å². The van der Waals surface area contributed by atoms with Crippen molar-refractivity contribution in [3.63, 3.8) is 0 Å². The molecular formula is C19H28N8O. The van der Waals surface area contributed by atoms with Crippen LogP contribution in [0.25, 0.3) is 5.65 Å². The van der Waals surface area contributed by atoms with Gasteiger partial charge >= 0.3 is 6.01 Å². The van der Waals surface area contributed by atoms with Crippen LogP contribution in [0.1, 0.15) is 43.9 Å². The molecule has 0 saturated carbocycles. The summed E-state index contributed by atoms with van der Waals surface area (Å²) < 4.78 is 9.39. The Labute approximate surface area is 164 Å². The molecule has 0 aliphatic carbocycles. The summed E-state index contributed by atoms with van der Waals surface area (Å²) >= 11 is 0. The van der Waals surface area contributed by atoms with Crippen LogP contribution in [0.15, 0.2) is 18.6 Å². The molecule has 28 heavy (non-hydrogen) atoms. The Balaban J connectivity index is 1.48. The van der Waals surface area contributed by atoms with Gasteiger partial charge in [-0.05, 0) is 43.8 Å². The van der Waals surface area contributed by atoms with Crippen LogP contribution in [0.4, 0.5) is 5.82 Å². The summed E-state index contributed by atoms with van der Waals surface area (Å²) in [4.78, 5) is 8.58. The van der Waals surface area contributed by atoms with E-state index in [0.717, 1.165) is 43.7 Å². The molecule has 1 aliphatic rings. The van der Waals surface area contributed by atoms with Gasteiger partial charge in [0.2, 0.25) is 0 Å². The Morgan fingerprint density at radius 1 is 1.36 bits per heavy atom. The fourth-order valence-electron chi connectivity index (χ4n) is 3.57. The molecule has 1 saturated heterocycles. The molecule has 3 N–H and O–H groups in total. The number of aromatic nitrogens is 6. The first-order chi connectivity index (χ1) is 13.7. The van der Waals surface area contributed by atoms with E-state index in [9.17, 15) is 0 Å². The number of nitrogens with one attached hydrogen (secondary N) is 1. The molecule has 0 radical (unpaired) electrons. The van der Waals surface area contributed by atoms with Crippen molar-refractivity contribution in [2.75, 3.05) is 25.4 Å². The third kappa shape index (κ3) is 4.24. The SMILES string of the molecule is CCCCOc1nc(N)c2ncc(Cc3cnn(CC4CCCNC4)c3)n2n1. The molecule has 0 bridgehead atoms. The van der Waals surface area contributed by atoms with Crippen LogP contribution in [0, 0.1) is 5.92 Å². The number of hydrogen-bond donors (Lipinski definition) is 2. The highest BCUT2D eigenvalue weighted by Crippen LogP contribution is 2.18. The number of unbranched alkanes of at least 4 members (excludes halogenated alkanes) is 1.